The fourth-order valence-corrected chi connectivity index (χ4v) is 0.902. The van der Waals surface area contributed by atoms with Crippen molar-refractivity contribution in [2.24, 2.45) is 0 Å². The third kappa shape index (κ3) is 3.10. The largest absolute Gasteiger partial charge is 0.368 e. The Morgan fingerprint density at radius 3 is 2.55 bits per heavy atom. The maximum Gasteiger partial charge on any atom is 0.221 e. The molecular formula is C5H6Cl3N3. The second-order valence-electron chi connectivity index (χ2n) is 1.67. The quantitative estimate of drug-likeness (QED) is 0.574. The third-order valence-electron chi connectivity index (χ3n) is 0.902. The van der Waals surface area contributed by atoms with Crippen LogP contribution >= 0.6 is 35.6 Å². The second kappa shape index (κ2) is 4.59. The van der Waals surface area contributed by atoms with E-state index in [0.29, 0.717) is 16.7 Å². The zero-order chi connectivity index (χ0) is 7.56. The van der Waals surface area contributed by atoms with Crippen LogP contribution in [0.2, 0.25) is 5.15 Å². The molecule has 0 unspecified atom stereocenters. The molecule has 0 aliphatic heterocycles. The van der Waals surface area contributed by atoms with E-state index in [-0.39, 0.29) is 18.4 Å². The Kier molecular flexibility index (Phi) is 4.49. The van der Waals surface area contributed by atoms with Crippen LogP contribution in [0.3, 0.4) is 0 Å². The van der Waals surface area contributed by atoms with Crippen molar-refractivity contribution in [2.75, 3.05) is 5.73 Å². The normalized spacial score (nSPS) is 8.91. The average molecular weight is 214 g/mol. The zero-order valence-electron chi connectivity index (χ0n) is 5.42. The third-order valence-corrected chi connectivity index (χ3v) is 1.37. The predicted octanol–water partition coefficient (Wildman–Crippen LogP) is 1.87. The number of rotatable bonds is 1. The molecule has 1 heterocycles. The summed E-state index contributed by atoms with van der Waals surface area (Å²) >= 11 is 11.0. The van der Waals surface area contributed by atoms with E-state index >= 15 is 0 Å². The molecule has 0 aliphatic carbocycles. The van der Waals surface area contributed by atoms with Crippen LogP contribution in [0.1, 0.15) is 5.69 Å². The number of anilines is 1. The van der Waals surface area contributed by atoms with Gasteiger partial charge < -0.3 is 5.73 Å². The molecule has 0 amide bonds. The van der Waals surface area contributed by atoms with Crippen molar-refractivity contribution in [2.45, 2.75) is 5.88 Å². The molecule has 0 aliphatic rings. The molecule has 0 saturated heterocycles. The molecule has 62 valence electrons. The lowest BCUT2D eigenvalue weighted by molar-refractivity contribution is 1.10. The molecule has 0 radical (unpaired) electrons. The summed E-state index contributed by atoms with van der Waals surface area (Å²) in [6, 6.07) is 1.57. The van der Waals surface area contributed by atoms with Crippen LogP contribution in [-0.2, 0) is 5.88 Å². The van der Waals surface area contributed by atoms with Crippen LogP contribution in [0.4, 0.5) is 5.95 Å². The molecule has 0 bridgehead atoms. The molecule has 0 saturated carbocycles. The van der Waals surface area contributed by atoms with E-state index in [2.05, 4.69) is 9.97 Å². The van der Waals surface area contributed by atoms with E-state index in [9.17, 15) is 0 Å². The Morgan fingerprint density at radius 2 is 2.09 bits per heavy atom. The van der Waals surface area contributed by atoms with E-state index in [0.717, 1.165) is 0 Å². The van der Waals surface area contributed by atoms with Crippen LogP contribution in [0.5, 0.6) is 0 Å². The van der Waals surface area contributed by atoms with E-state index < -0.39 is 0 Å². The van der Waals surface area contributed by atoms with E-state index in [4.69, 9.17) is 28.9 Å². The highest BCUT2D eigenvalue weighted by Crippen LogP contribution is 2.09. The molecular weight excluding hydrogens is 208 g/mol. The first-order valence-electron chi connectivity index (χ1n) is 2.57. The maximum atomic E-state index is 5.54. The van der Waals surface area contributed by atoms with Crippen molar-refractivity contribution in [3.05, 3.63) is 16.9 Å². The van der Waals surface area contributed by atoms with Crippen LogP contribution in [0.25, 0.3) is 0 Å². The molecule has 2 N–H and O–H groups in total. The first-order valence-corrected chi connectivity index (χ1v) is 3.48. The highest BCUT2D eigenvalue weighted by Gasteiger charge is 1.97. The molecule has 1 aromatic rings. The van der Waals surface area contributed by atoms with Gasteiger partial charge in [0.25, 0.3) is 0 Å². The van der Waals surface area contributed by atoms with Gasteiger partial charge in [-0.05, 0) is 6.07 Å². The van der Waals surface area contributed by atoms with Gasteiger partial charge >= 0.3 is 0 Å². The molecule has 0 fully saturated rings. The molecule has 0 aromatic carbocycles. The van der Waals surface area contributed by atoms with Gasteiger partial charge in [0.2, 0.25) is 5.95 Å². The van der Waals surface area contributed by atoms with Gasteiger partial charge in [-0.25, -0.2) is 9.97 Å². The Balaban J connectivity index is 0.000001000. The first-order chi connectivity index (χ1) is 4.72. The summed E-state index contributed by atoms with van der Waals surface area (Å²) in [6.45, 7) is 0. The summed E-state index contributed by atoms with van der Waals surface area (Å²) in [5, 5.41) is 0.322. The predicted molar refractivity (Wildman–Crippen MR) is 48.3 cm³/mol. The molecule has 6 heteroatoms. The number of alkyl halides is 1. The van der Waals surface area contributed by atoms with Crippen molar-refractivity contribution in [3.8, 4) is 0 Å². The minimum Gasteiger partial charge on any atom is -0.368 e. The van der Waals surface area contributed by atoms with E-state index in [1.54, 1.807) is 6.07 Å². The van der Waals surface area contributed by atoms with Gasteiger partial charge in [0.15, 0.2) is 0 Å². The second-order valence-corrected chi connectivity index (χ2v) is 2.33. The SMILES string of the molecule is Cl.Nc1nc(Cl)cc(CCl)n1. The summed E-state index contributed by atoms with van der Waals surface area (Å²) in [4.78, 5) is 7.46. The summed E-state index contributed by atoms with van der Waals surface area (Å²) in [5.41, 5.74) is 5.91. The Labute approximate surface area is 80.3 Å². The number of hydrogen-bond donors (Lipinski definition) is 1. The van der Waals surface area contributed by atoms with Crippen LogP contribution < -0.4 is 5.73 Å². The van der Waals surface area contributed by atoms with Gasteiger partial charge in [0, 0.05) is 0 Å². The minimum absolute atomic E-state index is 0. The lowest BCUT2D eigenvalue weighted by Gasteiger charge is -1.95. The minimum atomic E-state index is 0. The standard InChI is InChI=1S/C5H5Cl2N3.ClH/c6-2-3-1-4(7)10-5(8)9-3;/h1H,2H2,(H2,8,9,10);1H. The number of halogens is 3. The lowest BCUT2D eigenvalue weighted by Crippen LogP contribution is -1.97. The Hall–Kier alpha value is -0.250. The molecule has 0 spiro atoms. The van der Waals surface area contributed by atoms with Crippen molar-refractivity contribution in [3.63, 3.8) is 0 Å². The maximum absolute atomic E-state index is 5.54. The number of nitrogen functional groups attached to an aromatic ring is 1. The van der Waals surface area contributed by atoms with Crippen LogP contribution in [0, 0.1) is 0 Å². The lowest BCUT2D eigenvalue weighted by atomic mass is 10.5. The smallest absolute Gasteiger partial charge is 0.221 e. The highest BCUT2D eigenvalue weighted by atomic mass is 35.5. The van der Waals surface area contributed by atoms with Gasteiger partial charge in [0.1, 0.15) is 5.15 Å². The highest BCUT2D eigenvalue weighted by molar-refractivity contribution is 6.29. The van der Waals surface area contributed by atoms with Gasteiger partial charge in [0.05, 0.1) is 11.6 Å². The fourth-order valence-electron chi connectivity index (χ4n) is 0.552. The number of aromatic nitrogens is 2. The van der Waals surface area contributed by atoms with Crippen molar-refractivity contribution in [1.29, 1.82) is 0 Å². The number of nitrogens with two attached hydrogens (primary N) is 1. The van der Waals surface area contributed by atoms with Crippen molar-refractivity contribution >= 4 is 41.6 Å². The zero-order valence-corrected chi connectivity index (χ0v) is 7.75. The summed E-state index contributed by atoms with van der Waals surface area (Å²) in [7, 11) is 0. The molecule has 11 heavy (non-hydrogen) atoms. The monoisotopic (exact) mass is 213 g/mol. The average Bonchev–Trinajstić information content (AvgIpc) is 1.85. The molecule has 0 atom stereocenters. The topological polar surface area (TPSA) is 51.8 Å². The van der Waals surface area contributed by atoms with Crippen LogP contribution in [-0.4, -0.2) is 9.97 Å². The van der Waals surface area contributed by atoms with Gasteiger partial charge in [-0.2, -0.15) is 0 Å². The fraction of sp³-hybridized carbons (Fsp3) is 0.200. The molecule has 1 rings (SSSR count). The first kappa shape index (κ1) is 10.8. The number of nitrogens with zero attached hydrogens (tertiary/aromatic N) is 2. The van der Waals surface area contributed by atoms with Crippen molar-refractivity contribution in [1.82, 2.24) is 9.97 Å². The van der Waals surface area contributed by atoms with Gasteiger partial charge in [-0.1, -0.05) is 11.6 Å². The van der Waals surface area contributed by atoms with E-state index in [1.165, 1.54) is 0 Å². The molecule has 3 nitrogen and oxygen atoms in total. The Morgan fingerprint density at radius 1 is 1.45 bits per heavy atom. The number of hydrogen-bond acceptors (Lipinski definition) is 3. The van der Waals surface area contributed by atoms with Crippen molar-refractivity contribution < 1.29 is 0 Å². The van der Waals surface area contributed by atoms with Gasteiger partial charge in [-0.3, -0.25) is 0 Å². The van der Waals surface area contributed by atoms with E-state index in [1.807, 2.05) is 0 Å². The summed E-state index contributed by atoms with van der Waals surface area (Å²) in [6.07, 6.45) is 0. The summed E-state index contributed by atoms with van der Waals surface area (Å²) in [5.74, 6) is 0.454. The molecule has 1 aromatic heterocycles. The Bertz CT molecular complexity index is 220. The summed E-state index contributed by atoms with van der Waals surface area (Å²) < 4.78 is 0. The van der Waals surface area contributed by atoms with Crippen LogP contribution in [0.15, 0.2) is 6.07 Å². The van der Waals surface area contributed by atoms with Gasteiger partial charge in [-0.15, -0.1) is 24.0 Å².